The third kappa shape index (κ3) is 3.48. The molecule has 1 rings (SSSR count). The predicted molar refractivity (Wildman–Crippen MR) is 50.8 cm³/mol. The zero-order valence-electron chi connectivity index (χ0n) is 6.79. The van der Waals surface area contributed by atoms with Gasteiger partial charge in [-0.1, -0.05) is 11.6 Å². The summed E-state index contributed by atoms with van der Waals surface area (Å²) in [7, 11) is -4.61. The lowest BCUT2D eigenvalue weighted by molar-refractivity contribution is 0.244. The van der Waals surface area contributed by atoms with Gasteiger partial charge in [-0.3, -0.25) is 4.55 Å². The minimum Gasteiger partial charge on any atom is -0.262 e. The van der Waals surface area contributed by atoms with Crippen LogP contribution in [0.1, 0.15) is 0 Å². The Labute approximate surface area is 85.7 Å². The molecule has 78 valence electrons. The van der Waals surface area contributed by atoms with Gasteiger partial charge in [-0.2, -0.15) is 13.6 Å². The highest BCUT2D eigenvalue weighted by molar-refractivity contribution is 7.80. The Morgan fingerprint density at radius 1 is 1.36 bits per heavy atom. The van der Waals surface area contributed by atoms with Gasteiger partial charge in [0, 0.05) is 5.02 Å². The molecule has 3 N–H and O–H groups in total. The molecule has 1 aromatic carbocycles. The Balaban J connectivity index is 2.80. The van der Waals surface area contributed by atoms with Gasteiger partial charge in [0.05, 0.1) is 5.69 Å². The molecule has 14 heavy (non-hydrogen) atoms. The minimum absolute atomic E-state index is 0.229. The zero-order chi connectivity index (χ0) is 10.8. The van der Waals surface area contributed by atoms with E-state index >= 15 is 0 Å². The van der Waals surface area contributed by atoms with E-state index < -0.39 is 10.4 Å². The molecule has 0 bridgehead atoms. The van der Waals surface area contributed by atoms with Crippen LogP contribution in [0.15, 0.2) is 24.3 Å². The number of hydrogen-bond donors (Lipinski definition) is 2. The van der Waals surface area contributed by atoms with Crippen LogP contribution in [-0.2, 0) is 14.7 Å². The summed E-state index contributed by atoms with van der Waals surface area (Å²) < 4.78 is 32.8. The fraction of sp³-hybridized carbons (Fsp3) is 0. The molecule has 0 atom stereocenters. The van der Waals surface area contributed by atoms with E-state index in [1.807, 2.05) is 0 Å². The molecule has 0 amide bonds. The highest BCUT2D eigenvalue weighted by Gasteiger charge is 2.11. The van der Waals surface area contributed by atoms with Crippen molar-refractivity contribution in [3.05, 3.63) is 29.3 Å². The summed E-state index contributed by atoms with van der Waals surface area (Å²) in [6, 6.07) is 5.83. The van der Waals surface area contributed by atoms with Crippen LogP contribution < -0.4 is 11.0 Å². The van der Waals surface area contributed by atoms with Crippen molar-refractivity contribution in [1.29, 1.82) is 0 Å². The molecule has 0 saturated heterocycles. The second-order valence-electron chi connectivity index (χ2n) is 2.30. The Kier molecular flexibility index (Phi) is 3.29. The highest BCUT2D eigenvalue weighted by atomic mass is 35.5. The van der Waals surface area contributed by atoms with E-state index in [0.29, 0.717) is 10.2 Å². The predicted octanol–water partition coefficient (Wildman–Crippen LogP) is 0.755. The van der Waals surface area contributed by atoms with Gasteiger partial charge in [0.25, 0.3) is 0 Å². The van der Waals surface area contributed by atoms with Gasteiger partial charge in [0.1, 0.15) is 0 Å². The van der Waals surface area contributed by atoms with Gasteiger partial charge in [-0.15, -0.1) is 4.28 Å². The van der Waals surface area contributed by atoms with E-state index in [9.17, 15) is 8.42 Å². The van der Waals surface area contributed by atoms with Crippen molar-refractivity contribution >= 4 is 27.7 Å². The number of nitrogens with zero attached hydrogens (tertiary/aromatic N) is 1. The molecule has 0 aliphatic carbocycles. The lowest BCUT2D eigenvalue weighted by atomic mass is 10.3. The molecular weight excluding hydrogens is 232 g/mol. The maximum absolute atomic E-state index is 10.3. The van der Waals surface area contributed by atoms with Gasteiger partial charge in [0.2, 0.25) is 0 Å². The fourth-order valence-electron chi connectivity index (χ4n) is 0.733. The first kappa shape index (κ1) is 11.2. The molecule has 0 radical (unpaired) electrons. The van der Waals surface area contributed by atoms with Crippen molar-refractivity contribution in [2.75, 3.05) is 5.17 Å². The first-order valence-electron chi connectivity index (χ1n) is 3.36. The van der Waals surface area contributed by atoms with Crippen LogP contribution in [0.2, 0.25) is 5.02 Å². The van der Waals surface area contributed by atoms with Gasteiger partial charge in [-0.25, -0.2) is 5.84 Å². The number of hydrazine groups is 1. The molecule has 1 aromatic rings. The Morgan fingerprint density at radius 2 is 1.86 bits per heavy atom. The number of rotatable bonds is 3. The van der Waals surface area contributed by atoms with Crippen molar-refractivity contribution in [2.24, 2.45) is 5.84 Å². The Bertz CT molecular complexity index is 404. The quantitative estimate of drug-likeness (QED) is 0.459. The standard InChI is InChI=1S/C6H7ClN2O4S/c7-5-1-3-6(4-2-5)9(8)13-14(10,11)12/h1-4H,8H2,(H,10,11,12). The average molecular weight is 239 g/mol. The van der Waals surface area contributed by atoms with Crippen LogP contribution in [0, 0.1) is 0 Å². The fourth-order valence-corrected chi connectivity index (χ4v) is 1.15. The summed E-state index contributed by atoms with van der Waals surface area (Å²) in [6.07, 6.45) is 0. The minimum atomic E-state index is -4.61. The molecule has 0 spiro atoms. The maximum atomic E-state index is 10.3. The normalized spacial score (nSPS) is 11.4. The summed E-state index contributed by atoms with van der Waals surface area (Å²) in [5.41, 5.74) is 0.229. The van der Waals surface area contributed by atoms with E-state index in [-0.39, 0.29) is 5.69 Å². The molecular formula is C6H7ClN2O4S. The van der Waals surface area contributed by atoms with Crippen LogP contribution in [0.5, 0.6) is 0 Å². The summed E-state index contributed by atoms with van der Waals surface area (Å²) in [5.74, 6) is 5.16. The highest BCUT2D eigenvalue weighted by Crippen LogP contribution is 2.16. The van der Waals surface area contributed by atoms with E-state index in [2.05, 4.69) is 4.28 Å². The zero-order valence-corrected chi connectivity index (χ0v) is 8.36. The SMILES string of the molecule is NN(OS(=O)(=O)O)c1ccc(Cl)cc1. The van der Waals surface area contributed by atoms with Crippen molar-refractivity contribution in [3.8, 4) is 0 Å². The summed E-state index contributed by atoms with van der Waals surface area (Å²) >= 11 is 5.58. The van der Waals surface area contributed by atoms with Gasteiger partial charge in [0.15, 0.2) is 0 Å². The maximum Gasteiger partial charge on any atom is 0.419 e. The summed E-state index contributed by atoms with van der Waals surface area (Å²) in [4.78, 5) is 0. The molecule has 0 saturated carbocycles. The summed E-state index contributed by atoms with van der Waals surface area (Å²) in [6.45, 7) is 0. The van der Waals surface area contributed by atoms with E-state index in [0.717, 1.165) is 0 Å². The third-order valence-electron chi connectivity index (χ3n) is 1.26. The Morgan fingerprint density at radius 3 is 2.29 bits per heavy atom. The Hall–Kier alpha value is -0.860. The first-order chi connectivity index (χ1) is 6.38. The molecule has 0 aliphatic heterocycles. The molecule has 0 aromatic heterocycles. The number of halogens is 1. The molecule has 0 fully saturated rings. The van der Waals surface area contributed by atoms with Crippen LogP contribution in [0.3, 0.4) is 0 Å². The molecule has 8 heteroatoms. The topological polar surface area (TPSA) is 92.9 Å². The van der Waals surface area contributed by atoms with Crippen LogP contribution in [-0.4, -0.2) is 13.0 Å². The smallest absolute Gasteiger partial charge is 0.262 e. The number of anilines is 1. The van der Waals surface area contributed by atoms with Crippen molar-refractivity contribution in [3.63, 3.8) is 0 Å². The first-order valence-corrected chi connectivity index (χ1v) is 5.10. The molecule has 6 nitrogen and oxygen atoms in total. The van der Waals surface area contributed by atoms with Crippen molar-refractivity contribution in [2.45, 2.75) is 0 Å². The lowest BCUT2D eigenvalue weighted by Crippen LogP contribution is -2.33. The second-order valence-corrected chi connectivity index (χ2v) is 3.75. The van der Waals surface area contributed by atoms with Crippen LogP contribution in [0.4, 0.5) is 5.69 Å². The molecule has 0 heterocycles. The second kappa shape index (κ2) is 4.11. The van der Waals surface area contributed by atoms with Crippen LogP contribution >= 0.6 is 11.6 Å². The number of hydrogen-bond acceptors (Lipinski definition) is 5. The van der Waals surface area contributed by atoms with E-state index in [1.54, 1.807) is 0 Å². The number of nitrogens with two attached hydrogens (primary N) is 1. The third-order valence-corrected chi connectivity index (χ3v) is 1.86. The summed E-state index contributed by atoms with van der Waals surface area (Å²) in [5, 5.41) is 0.875. The van der Waals surface area contributed by atoms with Crippen LogP contribution in [0.25, 0.3) is 0 Å². The molecule has 0 aliphatic rings. The average Bonchev–Trinajstić information content (AvgIpc) is 2.02. The van der Waals surface area contributed by atoms with Crippen molar-refractivity contribution in [1.82, 2.24) is 0 Å². The van der Waals surface area contributed by atoms with Gasteiger partial charge >= 0.3 is 10.4 Å². The van der Waals surface area contributed by atoms with Crippen molar-refractivity contribution < 1.29 is 17.3 Å². The lowest BCUT2D eigenvalue weighted by Gasteiger charge is -2.14. The van der Waals surface area contributed by atoms with Gasteiger partial charge in [-0.05, 0) is 24.3 Å². The number of benzene rings is 1. The monoisotopic (exact) mass is 238 g/mol. The molecule has 0 unspecified atom stereocenters. The van der Waals surface area contributed by atoms with Gasteiger partial charge < -0.3 is 0 Å². The van der Waals surface area contributed by atoms with E-state index in [4.69, 9.17) is 22.0 Å². The largest absolute Gasteiger partial charge is 0.419 e. The van der Waals surface area contributed by atoms with E-state index in [1.165, 1.54) is 24.3 Å².